The Balaban J connectivity index is 1.78. The average molecular weight is 261 g/mol. The Hall–Kier alpha value is -1.49. The van der Waals surface area contributed by atoms with Crippen molar-refractivity contribution in [3.63, 3.8) is 0 Å². The average Bonchev–Trinajstić information content (AvgIpc) is 2.93. The first-order valence-corrected chi connectivity index (χ1v) is 6.72. The van der Waals surface area contributed by atoms with Crippen LogP contribution in [-0.2, 0) is 11.3 Å². The van der Waals surface area contributed by atoms with Crippen LogP contribution in [0, 0.1) is 5.92 Å². The highest BCUT2D eigenvalue weighted by Gasteiger charge is 2.28. The molecule has 1 fully saturated rings. The zero-order chi connectivity index (χ0) is 12.5. The number of carbonyl (C=O) groups is 1. The number of aromatic nitrogens is 2. The van der Waals surface area contributed by atoms with Gasteiger partial charge < -0.3 is 9.88 Å². The zero-order valence-electron chi connectivity index (χ0n) is 9.97. The monoisotopic (exact) mass is 261 g/mol. The summed E-state index contributed by atoms with van der Waals surface area (Å²) in [5.74, 6) is 2.20. The number of thiol groups is 1. The fourth-order valence-corrected chi connectivity index (χ4v) is 2.63. The molecule has 1 saturated heterocycles. The third kappa shape index (κ3) is 2.10. The zero-order valence-corrected chi connectivity index (χ0v) is 10.9. The number of likely N-dealkylation sites (tertiary alicyclic amines) is 1. The summed E-state index contributed by atoms with van der Waals surface area (Å²) in [6.07, 6.45) is 0.615. The number of benzene rings is 1. The van der Waals surface area contributed by atoms with Gasteiger partial charge in [0, 0.05) is 13.0 Å². The van der Waals surface area contributed by atoms with Crippen molar-refractivity contribution in [3.8, 4) is 0 Å². The quantitative estimate of drug-likeness (QED) is 0.828. The van der Waals surface area contributed by atoms with Crippen LogP contribution >= 0.6 is 12.6 Å². The molecule has 0 spiro atoms. The number of imidazole rings is 1. The van der Waals surface area contributed by atoms with Crippen LogP contribution in [0.2, 0.25) is 0 Å². The van der Waals surface area contributed by atoms with Gasteiger partial charge in [0.15, 0.2) is 0 Å². The van der Waals surface area contributed by atoms with Gasteiger partial charge in [-0.05, 0) is 23.8 Å². The van der Waals surface area contributed by atoms with Gasteiger partial charge in [-0.15, -0.1) is 0 Å². The van der Waals surface area contributed by atoms with Gasteiger partial charge in [-0.2, -0.15) is 12.6 Å². The summed E-state index contributed by atoms with van der Waals surface area (Å²) in [6.45, 7) is 1.36. The summed E-state index contributed by atoms with van der Waals surface area (Å²) >= 11 is 4.26. The van der Waals surface area contributed by atoms with Crippen molar-refractivity contribution in [2.75, 3.05) is 12.3 Å². The second kappa shape index (κ2) is 4.65. The van der Waals surface area contributed by atoms with Crippen LogP contribution in [0.25, 0.3) is 11.0 Å². The van der Waals surface area contributed by atoms with Crippen LogP contribution in [0.15, 0.2) is 24.3 Å². The van der Waals surface area contributed by atoms with Crippen molar-refractivity contribution in [2.24, 2.45) is 5.92 Å². The normalized spacial score (nSPS) is 19.9. The summed E-state index contributed by atoms with van der Waals surface area (Å²) < 4.78 is 0. The molecule has 1 aromatic heterocycles. The molecule has 94 valence electrons. The lowest BCUT2D eigenvalue weighted by Crippen LogP contribution is -2.25. The number of amides is 1. The molecule has 1 unspecified atom stereocenters. The minimum absolute atomic E-state index is 0.203. The van der Waals surface area contributed by atoms with Crippen molar-refractivity contribution >= 4 is 29.6 Å². The second-order valence-electron chi connectivity index (χ2n) is 4.73. The van der Waals surface area contributed by atoms with Crippen molar-refractivity contribution in [1.82, 2.24) is 14.9 Å². The molecule has 0 saturated carbocycles. The molecule has 2 aromatic rings. The molecule has 1 N–H and O–H groups in total. The summed E-state index contributed by atoms with van der Waals surface area (Å²) in [6, 6.07) is 7.90. The van der Waals surface area contributed by atoms with Gasteiger partial charge in [0.2, 0.25) is 5.91 Å². The van der Waals surface area contributed by atoms with E-state index in [1.807, 2.05) is 29.2 Å². The first kappa shape index (κ1) is 11.6. The summed E-state index contributed by atoms with van der Waals surface area (Å²) in [5, 5.41) is 0. The van der Waals surface area contributed by atoms with E-state index in [1.54, 1.807) is 0 Å². The van der Waals surface area contributed by atoms with Gasteiger partial charge in [-0.1, -0.05) is 12.1 Å². The number of aromatic amines is 1. The van der Waals surface area contributed by atoms with Crippen molar-refractivity contribution in [3.05, 3.63) is 30.1 Å². The van der Waals surface area contributed by atoms with Crippen LogP contribution < -0.4 is 0 Å². The minimum atomic E-state index is 0.203. The highest BCUT2D eigenvalue weighted by atomic mass is 32.1. The van der Waals surface area contributed by atoms with E-state index in [-0.39, 0.29) is 5.91 Å². The lowest BCUT2D eigenvalue weighted by Gasteiger charge is -2.14. The highest BCUT2D eigenvalue weighted by Crippen LogP contribution is 2.21. The molecule has 5 heteroatoms. The third-order valence-corrected chi connectivity index (χ3v) is 3.85. The van der Waals surface area contributed by atoms with Crippen LogP contribution in [0.4, 0.5) is 0 Å². The maximum Gasteiger partial charge on any atom is 0.223 e. The molecule has 0 radical (unpaired) electrons. The first-order valence-electron chi connectivity index (χ1n) is 6.08. The van der Waals surface area contributed by atoms with Crippen LogP contribution in [0.5, 0.6) is 0 Å². The number of hydrogen-bond donors (Lipinski definition) is 2. The fraction of sp³-hybridized carbons (Fsp3) is 0.385. The molecule has 18 heavy (non-hydrogen) atoms. The maximum absolute atomic E-state index is 11.8. The molecule has 1 aromatic carbocycles. The Morgan fingerprint density at radius 3 is 3.00 bits per heavy atom. The van der Waals surface area contributed by atoms with Crippen LogP contribution in [0.3, 0.4) is 0 Å². The number of rotatable bonds is 3. The molecule has 2 heterocycles. The highest BCUT2D eigenvalue weighted by molar-refractivity contribution is 7.80. The fourth-order valence-electron chi connectivity index (χ4n) is 2.39. The van der Waals surface area contributed by atoms with Gasteiger partial charge in [0.05, 0.1) is 17.6 Å². The van der Waals surface area contributed by atoms with E-state index < -0.39 is 0 Å². The molecule has 1 amide bonds. The first-order chi connectivity index (χ1) is 8.76. The topological polar surface area (TPSA) is 49.0 Å². The number of carbonyl (C=O) groups excluding carboxylic acids is 1. The number of nitrogens with one attached hydrogen (secondary N) is 1. The molecule has 1 atom stereocenters. The molecule has 1 aliphatic heterocycles. The van der Waals surface area contributed by atoms with Crippen LogP contribution in [-0.4, -0.2) is 33.1 Å². The minimum Gasteiger partial charge on any atom is -0.340 e. The van der Waals surface area contributed by atoms with Gasteiger partial charge in [-0.25, -0.2) is 4.98 Å². The molecule has 4 nitrogen and oxygen atoms in total. The molecule has 0 aliphatic carbocycles. The summed E-state index contributed by atoms with van der Waals surface area (Å²) in [4.78, 5) is 21.4. The Bertz CT molecular complexity index is 547. The predicted octanol–water partition coefficient (Wildman–Crippen LogP) is 1.84. The van der Waals surface area contributed by atoms with E-state index in [9.17, 15) is 4.79 Å². The molecule has 3 rings (SSSR count). The Morgan fingerprint density at radius 2 is 2.28 bits per heavy atom. The lowest BCUT2D eigenvalue weighted by atomic mass is 10.1. The predicted molar refractivity (Wildman–Crippen MR) is 73.5 cm³/mol. The number of nitrogens with zero attached hydrogens (tertiary/aromatic N) is 2. The lowest BCUT2D eigenvalue weighted by molar-refractivity contribution is -0.128. The van der Waals surface area contributed by atoms with E-state index >= 15 is 0 Å². The molecule has 1 aliphatic rings. The summed E-state index contributed by atoms with van der Waals surface area (Å²) in [5.41, 5.74) is 1.97. The van der Waals surface area contributed by atoms with Crippen molar-refractivity contribution in [1.29, 1.82) is 0 Å². The summed E-state index contributed by atoms with van der Waals surface area (Å²) in [7, 11) is 0. The van der Waals surface area contributed by atoms with E-state index in [0.717, 1.165) is 29.2 Å². The van der Waals surface area contributed by atoms with E-state index in [4.69, 9.17) is 0 Å². The number of H-pyrrole nitrogens is 1. The van der Waals surface area contributed by atoms with Gasteiger partial charge in [0.1, 0.15) is 5.82 Å². The number of fused-ring (bicyclic) bond motifs is 1. The van der Waals surface area contributed by atoms with Gasteiger partial charge in [0.25, 0.3) is 0 Å². The molecular formula is C13H15N3OS. The number of para-hydroxylation sites is 2. The van der Waals surface area contributed by atoms with E-state index in [0.29, 0.717) is 18.9 Å². The number of hydrogen-bond acceptors (Lipinski definition) is 3. The molecular weight excluding hydrogens is 246 g/mol. The van der Waals surface area contributed by atoms with Crippen LogP contribution in [0.1, 0.15) is 12.2 Å². The van der Waals surface area contributed by atoms with Gasteiger partial charge >= 0.3 is 0 Å². The van der Waals surface area contributed by atoms with E-state index in [2.05, 4.69) is 22.6 Å². The largest absolute Gasteiger partial charge is 0.340 e. The Labute approximate surface area is 111 Å². The standard InChI is InChI=1S/C13H15N3OS/c17-13-5-9(8-18)6-16(13)7-12-14-10-3-1-2-4-11(10)15-12/h1-4,9,18H,5-8H2,(H,14,15). The van der Waals surface area contributed by atoms with E-state index in [1.165, 1.54) is 0 Å². The second-order valence-corrected chi connectivity index (χ2v) is 5.09. The Kier molecular flexibility index (Phi) is 2.99. The van der Waals surface area contributed by atoms with Crippen molar-refractivity contribution in [2.45, 2.75) is 13.0 Å². The SMILES string of the molecule is O=C1CC(CS)CN1Cc1nc2ccccc2[nH]1. The smallest absolute Gasteiger partial charge is 0.223 e. The maximum atomic E-state index is 11.8. The Morgan fingerprint density at radius 1 is 1.44 bits per heavy atom. The van der Waals surface area contributed by atoms with Gasteiger partial charge in [-0.3, -0.25) is 4.79 Å². The van der Waals surface area contributed by atoms with Crippen molar-refractivity contribution < 1.29 is 4.79 Å². The molecule has 0 bridgehead atoms. The third-order valence-electron chi connectivity index (χ3n) is 3.33.